The molecule has 3 aliphatic rings. The van der Waals surface area contributed by atoms with E-state index >= 15 is 0 Å². The van der Waals surface area contributed by atoms with Crippen LogP contribution >= 0.6 is 0 Å². The topological polar surface area (TPSA) is 76.3 Å². The molecule has 8 nitrogen and oxygen atoms in total. The van der Waals surface area contributed by atoms with Gasteiger partial charge in [0, 0.05) is 84.4 Å². The summed E-state index contributed by atoms with van der Waals surface area (Å²) in [6.45, 7) is 12.2. The Bertz CT molecular complexity index is 1790. The number of hydrogen-bond donors (Lipinski definition) is 0. The Kier molecular flexibility index (Phi) is 6.95. The first kappa shape index (κ1) is 27.6. The van der Waals surface area contributed by atoms with Crippen LogP contribution in [-0.4, -0.2) is 54.0 Å². The van der Waals surface area contributed by atoms with E-state index in [0.29, 0.717) is 31.1 Å². The highest BCUT2D eigenvalue weighted by Crippen LogP contribution is 2.40. The number of fused-ring (bicyclic) bond motifs is 2. The maximum atomic E-state index is 14.1. The summed E-state index contributed by atoms with van der Waals surface area (Å²) in [5.41, 5.74) is 10.6. The second-order valence-electron chi connectivity index (χ2n) is 12.4. The summed E-state index contributed by atoms with van der Waals surface area (Å²) in [5.74, 6) is 0.799. The van der Waals surface area contributed by atoms with Crippen LogP contribution in [0, 0.1) is 12.8 Å². The van der Waals surface area contributed by atoms with Crippen LogP contribution in [0.1, 0.15) is 78.7 Å². The molecule has 5 heterocycles. The molecule has 1 fully saturated rings. The number of amides is 2. The first-order valence-corrected chi connectivity index (χ1v) is 15.8. The first-order chi connectivity index (χ1) is 20.8. The van der Waals surface area contributed by atoms with E-state index in [1.807, 2.05) is 20.7 Å². The molecule has 8 heteroatoms. The summed E-state index contributed by atoms with van der Waals surface area (Å²) in [5, 5.41) is 5.54. The Morgan fingerprint density at radius 2 is 1.84 bits per heavy atom. The van der Waals surface area contributed by atoms with Gasteiger partial charge in [0.25, 0.3) is 5.91 Å². The monoisotopic (exact) mass is 576 g/mol. The summed E-state index contributed by atoms with van der Waals surface area (Å²) in [4.78, 5) is 35.3. The number of benzene rings is 1. The van der Waals surface area contributed by atoms with E-state index in [0.717, 1.165) is 82.8 Å². The second-order valence-corrected chi connectivity index (χ2v) is 12.4. The Hall–Kier alpha value is -4.20. The molecule has 222 valence electrons. The summed E-state index contributed by atoms with van der Waals surface area (Å²) in [6.07, 6.45) is 8.40. The van der Waals surface area contributed by atoms with Crippen molar-refractivity contribution in [3.05, 3.63) is 76.5 Å². The first-order valence-electron chi connectivity index (χ1n) is 15.8. The lowest BCUT2D eigenvalue weighted by Gasteiger charge is -2.27. The van der Waals surface area contributed by atoms with Gasteiger partial charge in [0.1, 0.15) is 0 Å². The minimum Gasteiger partial charge on any atom is -0.340 e. The molecule has 1 saturated carbocycles. The largest absolute Gasteiger partial charge is 0.340 e. The number of nitrogens with zero attached hydrogens (tertiary/aromatic N) is 6. The van der Waals surface area contributed by atoms with Crippen LogP contribution in [-0.2, 0) is 37.4 Å². The minimum atomic E-state index is 0.0360. The lowest BCUT2D eigenvalue weighted by atomic mass is 9.97. The van der Waals surface area contributed by atoms with Crippen LogP contribution in [0.2, 0.25) is 0 Å². The summed E-state index contributed by atoms with van der Waals surface area (Å²) in [6, 6.07) is 10.7. The van der Waals surface area contributed by atoms with Crippen LogP contribution in [0.4, 0.5) is 0 Å². The molecule has 3 aromatic heterocycles. The molecular weight excluding hydrogens is 536 g/mol. The highest BCUT2D eigenvalue weighted by molar-refractivity contribution is 6.05. The van der Waals surface area contributed by atoms with Gasteiger partial charge in [-0.05, 0) is 75.3 Å². The van der Waals surface area contributed by atoms with E-state index in [-0.39, 0.29) is 11.8 Å². The van der Waals surface area contributed by atoms with Gasteiger partial charge in [-0.1, -0.05) is 19.1 Å². The molecule has 0 unspecified atom stereocenters. The predicted octanol–water partition coefficient (Wildman–Crippen LogP) is 5.99. The van der Waals surface area contributed by atoms with E-state index < -0.39 is 0 Å². The quantitative estimate of drug-likeness (QED) is 0.271. The maximum Gasteiger partial charge on any atom is 0.254 e. The number of rotatable bonds is 7. The molecule has 1 aliphatic carbocycles. The molecule has 0 spiro atoms. The molecule has 4 aromatic rings. The molecule has 1 aromatic carbocycles. The van der Waals surface area contributed by atoms with Gasteiger partial charge in [-0.15, -0.1) is 0 Å². The van der Waals surface area contributed by atoms with Crippen molar-refractivity contribution in [3.8, 4) is 11.1 Å². The van der Waals surface area contributed by atoms with Crippen molar-refractivity contribution >= 4 is 28.3 Å². The normalized spacial score (nSPS) is 16.6. The molecule has 2 amide bonds. The number of pyridine rings is 1. The van der Waals surface area contributed by atoms with Crippen molar-refractivity contribution in [2.45, 2.75) is 79.6 Å². The third kappa shape index (κ3) is 4.96. The average Bonchev–Trinajstić information content (AvgIpc) is 3.43. The predicted molar refractivity (Wildman–Crippen MR) is 168 cm³/mol. The number of carbonyl (C=O) groups is 2. The van der Waals surface area contributed by atoms with Crippen molar-refractivity contribution in [2.24, 2.45) is 5.92 Å². The Morgan fingerprint density at radius 3 is 2.56 bits per heavy atom. The Balaban J connectivity index is 1.39. The number of aryl methyl sites for hydroxylation is 3. The van der Waals surface area contributed by atoms with Gasteiger partial charge in [0.15, 0.2) is 0 Å². The lowest BCUT2D eigenvalue weighted by molar-refractivity contribution is -0.128. The van der Waals surface area contributed by atoms with Gasteiger partial charge in [-0.2, -0.15) is 5.10 Å². The SMILES string of the molecule is CCc1ccc(-c2cc(C(=O)N3Cc4cnn(CC)c4C3)cc3cc(C4=CCCN(C(C)=O)C4)n(CC4CC4)c23)c(C)n1. The lowest BCUT2D eigenvalue weighted by Crippen LogP contribution is -2.33. The third-order valence-corrected chi connectivity index (χ3v) is 9.42. The second kappa shape index (κ2) is 10.8. The number of aromatic nitrogens is 4. The molecule has 0 radical (unpaired) electrons. The van der Waals surface area contributed by atoms with Crippen LogP contribution in [0.3, 0.4) is 0 Å². The van der Waals surface area contributed by atoms with Gasteiger partial charge in [-0.25, -0.2) is 0 Å². The van der Waals surface area contributed by atoms with E-state index in [1.54, 1.807) is 6.92 Å². The smallest absolute Gasteiger partial charge is 0.254 e. The average molecular weight is 577 g/mol. The van der Waals surface area contributed by atoms with E-state index in [1.165, 1.54) is 18.4 Å². The number of hydrogen-bond acceptors (Lipinski definition) is 4. The van der Waals surface area contributed by atoms with Gasteiger partial charge in [0.2, 0.25) is 5.91 Å². The fourth-order valence-corrected chi connectivity index (χ4v) is 6.86. The standard InChI is InChI=1S/C35H40N6O2/c1-5-29-11-12-30(22(3)37-29)31-15-27(35(43)39-20-28-17-36-41(6-2)33(28)21-39)14-26-16-32(40(34(26)31)18-24-9-10-24)25-8-7-13-38(19-25)23(4)42/h8,11-12,14-17,24H,5-7,9-10,13,18-21H2,1-4H3. The van der Waals surface area contributed by atoms with E-state index in [9.17, 15) is 9.59 Å². The molecular formula is C35H40N6O2. The molecule has 0 bridgehead atoms. The van der Waals surface area contributed by atoms with Crippen molar-refractivity contribution in [1.82, 2.24) is 29.1 Å². The van der Waals surface area contributed by atoms with Gasteiger partial charge < -0.3 is 14.4 Å². The van der Waals surface area contributed by atoms with E-state index in [2.05, 4.69) is 66.8 Å². The van der Waals surface area contributed by atoms with E-state index in [4.69, 9.17) is 4.98 Å². The summed E-state index contributed by atoms with van der Waals surface area (Å²) < 4.78 is 4.47. The number of carbonyl (C=O) groups excluding carboxylic acids is 2. The Morgan fingerprint density at radius 1 is 1.00 bits per heavy atom. The molecule has 0 N–H and O–H groups in total. The molecule has 43 heavy (non-hydrogen) atoms. The third-order valence-electron chi connectivity index (χ3n) is 9.42. The zero-order chi connectivity index (χ0) is 29.8. The highest BCUT2D eigenvalue weighted by Gasteiger charge is 2.31. The molecule has 7 rings (SSSR count). The van der Waals surface area contributed by atoms with Crippen LogP contribution in [0.15, 0.2) is 42.6 Å². The van der Waals surface area contributed by atoms with Gasteiger partial charge >= 0.3 is 0 Å². The van der Waals surface area contributed by atoms with Gasteiger partial charge in [-0.3, -0.25) is 19.3 Å². The van der Waals surface area contributed by atoms with Crippen LogP contribution in [0.5, 0.6) is 0 Å². The minimum absolute atomic E-state index is 0.0360. The van der Waals surface area contributed by atoms with Crippen molar-refractivity contribution in [3.63, 3.8) is 0 Å². The molecule has 0 atom stereocenters. The van der Waals surface area contributed by atoms with Gasteiger partial charge in [0.05, 0.1) is 24.0 Å². The zero-order valence-electron chi connectivity index (χ0n) is 25.7. The van der Waals surface area contributed by atoms with Crippen molar-refractivity contribution in [1.29, 1.82) is 0 Å². The molecule has 2 aliphatic heterocycles. The highest BCUT2D eigenvalue weighted by atomic mass is 16.2. The van der Waals surface area contributed by atoms with Crippen molar-refractivity contribution < 1.29 is 9.59 Å². The summed E-state index contributed by atoms with van der Waals surface area (Å²) >= 11 is 0. The van der Waals surface area contributed by atoms with Crippen molar-refractivity contribution in [2.75, 3.05) is 13.1 Å². The Labute approximate surface area is 253 Å². The maximum absolute atomic E-state index is 14.1. The van der Waals surface area contributed by atoms with Crippen LogP contribution in [0.25, 0.3) is 27.6 Å². The summed E-state index contributed by atoms with van der Waals surface area (Å²) in [7, 11) is 0. The van der Waals surface area contributed by atoms with Crippen LogP contribution < -0.4 is 0 Å². The zero-order valence-corrected chi connectivity index (χ0v) is 25.7. The molecule has 0 saturated heterocycles. The fourth-order valence-electron chi connectivity index (χ4n) is 6.86. The fraction of sp³-hybridized carbons (Fsp3) is 0.429.